The van der Waals surface area contributed by atoms with Gasteiger partial charge in [-0.15, -0.1) is 0 Å². The first-order valence-electron chi connectivity index (χ1n) is 10.8. The summed E-state index contributed by atoms with van der Waals surface area (Å²) in [5.74, 6) is 2.90. The monoisotopic (exact) mass is 387 g/mol. The number of thioether (sulfide) groups is 1. The lowest BCUT2D eigenvalue weighted by molar-refractivity contribution is -0.127. The topological polar surface area (TPSA) is 38.3 Å². The Morgan fingerprint density at radius 1 is 1.00 bits per heavy atom. The number of ether oxygens (including phenoxy) is 1. The van der Waals surface area contributed by atoms with Gasteiger partial charge in [-0.05, 0) is 56.6 Å². The average Bonchev–Trinajstić information content (AvgIpc) is 2.64. The molecule has 1 N–H and O–H groups in total. The molecule has 26 heavy (non-hydrogen) atoms. The molecule has 0 aliphatic heterocycles. The Bertz CT molecular complexity index is 363. The molecule has 0 aromatic rings. The lowest BCUT2D eigenvalue weighted by atomic mass is 9.87. The molecule has 4 heteroatoms. The van der Waals surface area contributed by atoms with Gasteiger partial charge in [-0.3, -0.25) is 4.79 Å². The van der Waals surface area contributed by atoms with E-state index in [0.717, 1.165) is 43.6 Å². The van der Waals surface area contributed by atoms with E-state index in [-0.39, 0.29) is 17.0 Å². The van der Waals surface area contributed by atoms with Gasteiger partial charge in [-0.25, -0.2) is 0 Å². The van der Waals surface area contributed by atoms with E-state index in [9.17, 15) is 4.79 Å². The molecule has 0 saturated heterocycles. The molecule has 0 aromatic heterocycles. The van der Waals surface area contributed by atoms with E-state index in [1.165, 1.54) is 12.8 Å². The minimum absolute atomic E-state index is 0.0540. The van der Waals surface area contributed by atoms with Crippen LogP contribution in [0.1, 0.15) is 99.8 Å². The maximum absolute atomic E-state index is 12.4. The fourth-order valence-corrected chi connectivity index (χ4v) is 3.98. The maximum atomic E-state index is 12.4. The second-order valence-electron chi connectivity index (χ2n) is 8.01. The van der Waals surface area contributed by atoms with Gasteiger partial charge in [0.1, 0.15) is 0 Å². The van der Waals surface area contributed by atoms with E-state index in [2.05, 4.69) is 53.8 Å². The predicted octanol–water partition coefficient (Wildman–Crippen LogP) is 6.21. The summed E-state index contributed by atoms with van der Waals surface area (Å²) in [7, 11) is 0. The second-order valence-corrected chi connectivity index (χ2v) is 9.23. The molecule has 1 amide bonds. The van der Waals surface area contributed by atoms with Gasteiger partial charge in [0.05, 0.1) is 17.7 Å². The highest BCUT2D eigenvalue weighted by Crippen LogP contribution is 2.30. The fraction of sp³-hybridized carbons (Fsp3) is 0.955. The minimum Gasteiger partial charge on any atom is -0.373 e. The summed E-state index contributed by atoms with van der Waals surface area (Å²) < 4.78 is 6.55. The van der Waals surface area contributed by atoms with Crippen LogP contribution in [0.4, 0.5) is 0 Å². The van der Waals surface area contributed by atoms with E-state index < -0.39 is 0 Å². The molecule has 0 bridgehead atoms. The van der Waals surface area contributed by atoms with Crippen molar-refractivity contribution in [3.8, 4) is 0 Å². The van der Waals surface area contributed by atoms with Crippen LogP contribution in [0.2, 0.25) is 0 Å². The summed E-state index contributed by atoms with van der Waals surface area (Å²) in [4.78, 5) is 12.4. The molecule has 0 saturated carbocycles. The number of hydrogen-bond acceptors (Lipinski definition) is 3. The normalized spacial score (nSPS) is 12.6. The van der Waals surface area contributed by atoms with Gasteiger partial charge < -0.3 is 10.1 Å². The Hall–Kier alpha value is -0.220. The number of amides is 1. The molecule has 0 aliphatic carbocycles. The molecule has 0 fully saturated rings. The standard InChI is InChI=1S/C22H45NO2S/c1-8-16-26-17-14-20(24)23-21(9-2,10-3)18-25-22(11-4,12-5)15-13-19(6)7/h19H,8-18H2,1-7H3,(H,23,24). The van der Waals surface area contributed by atoms with Gasteiger partial charge in [0.2, 0.25) is 5.91 Å². The highest BCUT2D eigenvalue weighted by molar-refractivity contribution is 7.99. The third-order valence-corrected chi connectivity index (χ3v) is 6.89. The van der Waals surface area contributed by atoms with Gasteiger partial charge in [-0.2, -0.15) is 11.8 Å². The first-order valence-corrected chi connectivity index (χ1v) is 12.0. The Labute approximate surface area is 167 Å². The van der Waals surface area contributed by atoms with E-state index in [4.69, 9.17) is 4.74 Å². The van der Waals surface area contributed by atoms with E-state index in [1.54, 1.807) is 0 Å². The summed E-state index contributed by atoms with van der Waals surface area (Å²) in [6.45, 7) is 16.1. The second kappa shape index (κ2) is 13.9. The smallest absolute Gasteiger partial charge is 0.221 e. The Balaban J connectivity index is 4.81. The number of carbonyl (C=O) groups excluding carboxylic acids is 1. The SMILES string of the molecule is CCCSCCC(=O)NC(CC)(CC)COC(CC)(CC)CCC(C)C. The third kappa shape index (κ3) is 9.64. The molecule has 0 spiro atoms. The van der Waals surface area contributed by atoms with Crippen LogP contribution in [0.3, 0.4) is 0 Å². The molecule has 0 unspecified atom stereocenters. The van der Waals surface area contributed by atoms with Crippen molar-refractivity contribution in [1.82, 2.24) is 5.32 Å². The molecule has 0 atom stereocenters. The number of rotatable bonds is 16. The molecule has 0 radical (unpaired) electrons. The number of carbonyl (C=O) groups is 1. The zero-order valence-electron chi connectivity index (χ0n) is 18.6. The minimum atomic E-state index is -0.236. The average molecular weight is 388 g/mol. The van der Waals surface area contributed by atoms with Gasteiger partial charge in [0, 0.05) is 12.2 Å². The van der Waals surface area contributed by atoms with Crippen LogP contribution >= 0.6 is 11.8 Å². The summed E-state index contributed by atoms with van der Waals surface area (Å²) in [6.07, 6.45) is 7.93. The summed E-state index contributed by atoms with van der Waals surface area (Å²) in [5.41, 5.74) is -0.290. The summed E-state index contributed by atoms with van der Waals surface area (Å²) in [6, 6.07) is 0. The van der Waals surface area contributed by atoms with Gasteiger partial charge in [0.25, 0.3) is 0 Å². The van der Waals surface area contributed by atoms with Crippen LogP contribution in [-0.2, 0) is 9.53 Å². The van der Waals surface area contributed by atoms with Crippen LogP contribution < -0.4 is 5.32 Å². The largest absolute Gasteiger partial charge is 0.373 e. The van der Waals surface area contributed by atoms with E-state index in [0.29, 0.717) is 18.9 Å². The van der Waals surface area contributed by atoms with Crippen molar-refractivity contribution in [1.29, 1.82) is 0 Å². The lowest BCUT2D eigenvalue weighted by Crippen LogP contribution is -2.53. The van der Waals surface area contributed by atoms with Crippen molar-refractivity contribution < 1.29 is 9.53 Å². The molecular formula is C22H45NO2S. The van der Waals surface area contributed by atoms with Crippen molar-refractivity contribution in [2.45, 2.75) is 111 Å². The number of nitrogens with one attached hydrogen (secondary N) is 1. The van der Waals surface area contributed by atoms with Gasteiger partial charge >= 0.3 is 0 Å². The molecule has 0 aromatic carbocycles. The first-order chi connectivity index (χ1) is 12.3. The van der Waals surface area contributed by atoms with Crippen LogP contribution in [-0.4, -0.2) is 35.2 Å². The molecule has 0 aliphatic rings. The summed E-state index contributed by atoms with van der Waals surface area (Å²) >= 11 is 1.86. The van der Waals surface area contributed by atoms with Crippen molar-refractivity contribution in [3.05, 3.63) is 0 Å². The Morgan fingerprint density at radius 3 is 2.08 bits per heavy atom. The Morgan fingerprint density at radius 2 is 1.62 bits per heavy atom. The van der Waals surface area contributed by atoms with Crippen molar-refractivity contribution in [2.24, 2.45) is 5.92 Å². The fourth-order valence-electron chi connectivity index (χ4n) is 3.16. The molecule has 156 valence electrons. The summed E-state index contributed by atoms with van der Waals surface area (Å²) in [5, 5.41) is 3.32. The highest BCUT2D eigenvalue weighted by atomic mass is 32.2. The van der Waals surface area contributed by atoms with E-state index >= 15 is 0 Å². The zero-order chi connectivity index (χ0) is 20.1. The number of hydrogen-bond donors (Lipinski definition) is 1. The van der Waals surface area contributed by atoms with Crippen LogP contribution in [0.5, 0.6) is 0 Å². The molecule has 0 rings (SSSR count). The first kappa shape index (κ1) is 25.8. The van der Waals surface area contributed by atoms with E-state index in [1.807, 2.05) is 11.8 Å². The third-order valence-electron chi connectivity index (χ3n) is 5.70. The lowest BCUT2D eigenvalue weighted by Gasteiger charge is -2.39. The predicted molar refractivity (Wildman–Crippen MR) is 117 cm³/mol. The van der Waals surface area contributed by atoms with Crippen LogP contribution in [0, 0.1) is 5.92 Å². The van der Waals surface area contributed by atoms with Gasteiger partial charge in [0.15, 0.2) is 0 Å². The van der Waals surface area contributed by atoms with Crippen LogP contribution in [0.25, 0.3) is 0 Å². The molecule has 0 heterocycles. The van der Waals surface area contributed by atoms with Crippen LogP contribution in [0.15, 0.2) is 0 Å². The van der Waals surface area contributed by atoms with Crippen molar-refractivity contribution in [2.75, 3.05) is 18.1 Å². The van der Waals surface area contributed by atoms with Gasteiger partial charge in [-0.1, -0.05) is 48.5 Å². The maximum Gasteiger partial charge on any atom is 0.221 e. The molecular weight excluding hydrogens is 342 g/mol. The Kier molecular flexibility index (Phi) is 13.8. The van der Waals surface area contributed by atoms with Crippen molar-refractivity contribution >= 4 is 17.7 Å². The van der Waals surface area contributed by atoms with Crippen molar-refractivity contribution in [3.63, 3.8) is 0 Å². The zero-order valence-corrected chi connectivity index (χ0v) is 19.4. The quantitative estimate of drug-likeness (QED) is 0.320. The highest BCUT2D eigenvalue weighted by Gasteiger charge is 2.34. The molecule has 3 nitrogen and oxygen atoms in total.